The highest BCUT2D eigenvalue weighted by molar-refractivity contribution is 5.95. The molecule has 0 unspecified atom stereocenters. The molecule has 6 heteroatoms. The largest absolute Gasteiger partial charge is 0.506 e. The monoisotopic (exact) mass is 297 g/mol. The van der Waals surface area contributed by atoms with Gasteiger partial charge in [-0.3, -0.25) is 14.3 Å². The van der Waals surface area contributed by atoms with Crippen LogP contribution in [0, 0.1) is 6.92 Å². The molecule has 0 bridgehead atoms. The summed E-state index contributed by atoms with van der Waals surface area (Å²) in [4.78, 5) is 23.9. The number of nitrogens with one attached hydrogen (secondary N) is 1. The van der Waals surface area contributed by atoms with Crippen molar-refractivity contribution in [2.75, 3.05) is 0 Å². The molecule has 0 spiro atoms. The van der Waals surface area contributed by atoms with E-state index >= 15 is 0 Å². The molecular formula is C16H15N3O3. The lowest BCUT2D eigenvalue weighted by atomic mass is 10.2. The van der Waals surface area contributed by atoms with Crippen LogP contribution in [0.3, 0.4) is 0 Å². The number of hydrogen-bond acceptors (Lipinski definition) is 3. The Morgan fingerprint density at radius 1 is 1.18 bits per heavy atom. The zero-order valence-corrected chi connectivity index (χ0v) is 12.2. The third kappa shape index (κ3) is 2.14. The van der Waals surface area contributed by atoms with E-state index in [1.54, 1.807) is 16.4 Å². The summed E-state index contributed by atoms with van der Waals surface area (Å²) in [6.07, 6.45) is 2.58. The average molecular weight is 297 g/mol. The summed E-state index contributed by atoms with van der Waals surface area (Å²) in [6.45, 7) is 1.81. The van der Waals surface area contributed by atoms with Gasteiger partial charge in [0, 0.05) is 18.8 Å². The van der Waals surface area contributed by atoms with Crippen molar-refractivity contribution in [3.05, 3.63) is 69.5 Å². The predicted octanol–water partition coefficient (Wildman–Crippen LogP) is 1.40. The minimum absolute atomic E-state index is 0.168. The fourth-order valence-corrected chi connectivity index (χ4v) is 2.44. The fraction of sp³-hybridized carbons (Fsp3) is 0.125. The van der Waals surface area contributed by atoms with Crippen molar-refractivity contribution >= 4 is 12.0 Å². The molecular weight excluding hydrogens is 282 g/mol. The maximum Gasteiger partial charge on any atom is 0.279 e. The molecule has 1 aliphatic rings. The van der Waals surface area contributed by atoms with Crippen LogP contribution in [0.1, 0.15) is 11.3 Å². The Hall–Kier alpha value is -3.02. The lowest BCUT2D eigenvalue weighted by molar-refractivity contribution is -0.115. The minimum Gasteiger partial charge on any atom is -0.506 e. The van der Waals surface area contributed by atoms with Gasteiger partial charge >= 0.3 is 0 Å². The number of hydrogen-bond donors (Lipinski definition) is 2. The van der Waals surface area contributed by atoms with E-state index in [0.717, 1.165) is 17.5 Å². The quantitative estimate of drug-likeness (QED) is 0.879. The molecule has 3 rings (SSSR count). The van der Waals surface area contributed by atoms with Crippen LogP contribution in [0.5, 0.6) is 0 Å². The Bertz CT molecular complexity index is 870. The second kappa shape index (κ2) is 5.07. The van der Waals surface area contributed by atoms with E-state index in [2.05, 4.69) is 5.32 Å². The molecule has 1 aromatic heterocycles. The zero-order chi connectivity index (χ0) is 15.9. The first-order chi connectivity index (χ1) is 10.5. The van der Waals surface area contributed by atoms with Crippen LogP contribution < -0.4 is 10.9 Å². The number of aliphatic hydroxyl groups excluding tert-OH is 1. The van der Waals surface area contributed by atoms with E-state index in [0.29, 0.717) is 5.56 Å². The number of aromatic nitrogens is 2. The number of amides is 1. The average Bonchev–Trinajstić information content (AvgIpc) is 2.92. The lowest BCUT2D eigenvalue weighted by Crippen LogP contribution is -2.20. The highest BCUT2D eigenvalue weighted by Gasteiger charge is 2.20. The molecule has 22 heavy (non-hydrogen) atoms. The van der Waals surface area contributed by atoms with E-state index in [1.165, 1.54) is 6.08 Å². The minimum atomic E-state index is -0.402. The summed E-state index contributed by atoms with van der Waals surface area (Å²) in [5, 5.41) is 12.2. The van der Waals surface area contributed by atoms with Gasteiger partial charge in [-0.2, -0.15) is 0 Å². The van der Waals surface area contributed by atoms with Crippen LogP contribution in [-0.2, 0) is 11.8 Å². The van der Waals surface area contributed by atoms with Crippen LogP contribution in [0.15, 0.2) is 52.7 Å². The SMILES string of the molecule is Cc1c(/C=C2/NC(=O)C=C2O)c(=O)n(-c2ccccc2)n1C. The first kappa shape index (κ1) is 13.9. The summed E-state index contributed by atoms with van der Waals surface area (Å²) in [6, 6.07) is 9.27. The van der Waals surface area contributed by atoms with Crippen molar-refractivity contribution < 1.29 is 9.90 Å². The number of aliphatic hydroxyl groups is 1. The molecule has 0 atom stereocenters. The summed E-state index contributed by atoms with van der Waals surface area (Å²) < 4.78 is 3.28. The van der Waals surface area contributed by atoms with Crippen LogP contribution in [-0.4, -0.2) is 20.4 Å². The molecule has 0 fully saturated rings. The second-order valence-corrected chi connectivity index (χ2v) is 5.05. The maximum absolute atomic E-state index is 12.7. The highest BCUT2D eigenvalue weighted by atomic mass is 16.3. The van der Waals surface area contributed by atoms with Gasteiger partial charge in [0.2, 0.25) is 0 Å². The van der Waals surface area contributed by atoms with Crippen LogP contribution in [0.4, 0.5) is 0 Å². The molecule has 1 aliphatic heterocycles. The normalized spacial score (nSPS) is 16.0. The number of rotatable bonds is 2. The van der Waals surface area contributed by atoms with E-state index in [9.17, 15) is 14.7 Å². The number of benzene rings is 1. The van der Waals surface area contributed by atoms with Crippen LogP contribution in [0.2, 0.25) is 0 Å². The van der Waals surface area contributed by atoms with Gasteiger partial charge in [0.05, 0.1) is 16.9 Å². The summed E-state index contributed by atoms with van der Waals surface area (Å²) in [5.74, 6) is -0.570. The van der Waals surface area contributed by atoms with Gasteiger partial charge in [-0.25, -0.2) is 4.68 Å². The molecule has 6 nitrogen and oxygen atoms in total. The summed E-state index contributed by atoms with van der Waals surface area (Å²) in [5.41, 5.74) is 1.92. The highest BCUT2D eigenvalue weighted by Crippen LogP contribution is 2.17. The van der Waals surface area contributed by atoms with E-state index < -0.39 is 5.91 Å². The first-order valence-electron chi connectivity index (χ1n) is 6.77. The molecule has 1 amide bonds. The predicted molar refractivity (Wildman–Crippen MR) is 82.6 cm³/mol. The van der Waals surface area contributed by atoms with Crippen molar-refractivity contribution in [1.82, 2.24) is 14.7 Å². The Balaban J connectivity index is 2.16. The number of para-hydroxylation sites is 1. The lowest BCUT2D eigenvalue weighted by Gasteiger charge is -2.07. The fourth-order valence-electron chi connectivity index (χ4n) is 2.44. The number of carbonyl (C=O) groups is 1. The van der Waals surface area contributed by atoms with E-state index in [-0.39, 0.29) is 17.0 Å². The second-order valence-electron chi connectivity index (χ2n) is 5.05. The van der Waals surface area contributed by atoms with Crippen molar-refractivity contribution in [3.8, 4) is 5.69 Å². The third-order valence-electron chi connectivity index (χ3n) is 3.69. The number of nitrogens with zero attached hydrogens (tertiary/aromatic N) is 2. The van der Waals surface area contributed by atoms with Gasteiger partial charge < -0.3 is 10.4 Å². The van der Waals surface area contributed by atoms with Crippen molar-refractivity contribution in [3.63, 3.8) is 0 Å². The molecule has 2 aromatic rings. The molecule has 0 saturated carbocycles. The van der Waals surface area contributed by atoms with Crippen molar-refractivity contribution in [2.45, 2.75) is 6.92 Å². The molecule has 0 saturated heterocycles. The molecule has 1 aromatic carbocycles. The van der Waals surface area contributed by atoms with Gasteiger partial charge in [0.25, 0.3) is 11.5 Å². The van der Waals surface area contributed by atoms with Crippen LogP contribution in [0.25, 0.3) is 11.8 Å². The molecule has 0 aliphatic carbocycles. The first-order valence-corrected chi connectivity index (χ1v) is 6.77. The van der Waals surface area contributed by atoms with Gasteiger partial charge in [0.1, 0.15) is 5.76 Å². The van der Waals surface area contributed by atoms with Crippen LogP contribution >= 0.6 is 0 Å². The summed E-state index contributed by atoms with van der Waals surface area (Å²) >= 11 is 0. The van der Waals surface area contributed by atoms with E-state index in [4.69, 9.17) is 0 Å². The van der Waals surface area contributed by atoms with Crippen molar-refractivity contribution in [1.29, 1.82) is 0 Å². The molecule has 0 radical (unpaired) electrons. The van der Waals surface area contributed by atoms with Gasteiger partial charge in [0.15, 0.2) is 0 Å². The topological polar surface area (TPSA) is 76.3 Å². The molecule has 112 valence electrons. The Kier molecular flexibility index (Phi) is 3.21. The zero-order valence-electron chi connectivity index (χ0n) is 12.2. The van der Waals surface area contributed by atoms with Crippen molar-refractivity contribution in [2.24, 2.45) is 7.05 Å². The van der Waals surface area contributed by atoms with Gasteiger partial charge in [-0.15, -0.1) is 0 Å². The Morgan fingerprint density at radius 2 is 1.86 bits per heavy atom. The standard InChI is InChI=1S/C16H15N3O3/c1-10-12(8-13-14(20)9-15(21)17-13)16(22)19(18(10)2)11-6-4-3-5-7-11/h3-9,20H,1-2H3,(H,17,21)/b13-8+. The Morgan fingerprint density at radius 3 is 2.45 bits per heavy atom. The molecule has 2 N–H and O–H groups in total. The van der Waals surface area contributed by atoms with Gasteiger partial charge in [-0.05, 0) is 25.1 Å². The van der Waals surface area contributed by atoms with Gasteiger partial charge in [-0.1, -0.05) is 18.2 Å². The molecule has 2 heterocycles. The smallest absolute Gasteiger partial charge is 0.279 e. The Labute approximate surface area is 126 Å². The third-order valence-corrected chi connectivity index (χ3v) is 3.69. The van der Waals surface area contributed by atoms with E-state index in [1.807, 2.05) is 37.3 Å². The number of carbonyl (C=O) groups excluding carboxylic acids is 1. The maximum atomic E-state index is 12.7. The summed E-state index contributed by atoms with van der Waals surface area (Å²) in [7, 11) is 1.79.